The van der Waals surface area contributed by atoms with Gasteiger partial charge in [0, 0.05) is 32.6 Å². The lowest BCUT2D eigenvalue weighted by atomic mass is 9.92. The molecule has 2 aromatic rings. The molecule has 1 aliphatic carbocycles. The van der Waals surface area contributed by atoms with Crippen LogP contribution in [0.5, 0.6) is 0 Å². The molecule has 0 heterocycles. The molecule has 2 amide bonds. The Kier molecular flexibility index (Phi) is 9.25. The Hall–Kier alpha value is -3.39. The quantitative estimate of drug-likeness (QED) is 0.424. The van der Waals surface area contributed by atoms with Gasteiger partial charge in [-0.25, -0.2) is 4.79 Å². The lowest BCUT2D eigenvalue weighted by Gasteiger charge is -2.23. The maximum Gasteiger partial charge on any atom is 0.407 e. The molecule has 188 valence electrons. The number of methoxy groups -OCH3 is 1. The number of aliphatic carboxylic acids is 1. The van der Waals surface area contributed by atoms with Crippen LogP contribution in [0.4, 0.5) is 4.79 Å². The molecule has 0 aromatic heterocycles. The molecule has 3 N–H and O–H groups in total. The Balaban J connectivity index is 1.60. The second kappa shape index (κ2) is 12.4. The number of alkyl carbamates (subject to hydrolysis) is 1. The normalized spacial score (nSPS) is 14.1. The molecule has 2 unspecified atom stereocenters. The zero-order chi connectivity index (χ0) is 25.4. The van der Waals surface area contributed by atoms with Crippen LogP contribution >= 0.6 is 0 Å². The number of hydrogen-bond acceptors (Lipinski definition) is 5. The van der Waals surface area contributed by atoms with Gasteiger partial charge in [0.25, 0.3) is 0 Å². The number of hydrogen-bond donors (Lipinski definition) is 3. The smallest absolute Gasteiger partial charge is 0.407 e. The van der Waals surface area contributed by atoms with Crippen LogP contribution in [0.25, 0.3) is 11.1 Å². The lowest BCUT2D eigenvalue weighted by molar-refractivity contribution is -0.138. The fraction of sp³-hybridized carbons (Fsp3) is 0.444. The van der Waals surface area contributed by atoms with Gasteiger partial charge >= 0.3 is 12.1 Å². The van der Waals surface area contributed by atoms with Gasteiger partial charge in [-0.1, -0.05) is 62.4 Å². The van der Waals surface area contributed by atoms with Crippen molar-refractivity contribution in [1.29, 1.82) is 0 Å². The first-order valence-electron chi connectivity index (χ1n) is 11.9. The zero-order valence-corrected chi connectivity index (χ0v) is 20.5. The average molecular weight is 483 g/mol. The van der Waals surface area contributed by atoms with E-state index in [1.165, 1.54) is 7.11 Å². The number of amides is 2. The molecule has 1 aliphatic rings. The van der Waals surface area contributed by atoms with E-state index in [0.717, 1.165) is 22.3 Å². The number of carbonyl (C=O) groups is 3. The summed E-state index contributed by atoms with van der Waals surface area (Å²) in [5.41, 5.74) is 4.48. The summed E-state index contributed by atoms with van der Waals surface area (Å²) in [6, 6.07) is 15.3. The number of carboxylic acid groups (broad SMARTS) is 1. The third-order valence-electron chi connectivity index (χ3n) is 6.48. The van der Waals surface area contributed by atoms with Crippen molar-refractivity contribution in [1.82, 2.24) is 10.6 Å². The maximum atomic E-state index is 12.8. The van der Waals surface area contributed by atoms with Crippen LogP contribution in [0.15, 0.2) is 48.5 Å². The van der Waals surface area contributed by atoms with Gasteiger partial charge in [-0.3, -0.25) is 9.59 Å². The molecule has 0 fully saturated rings. The fourth-order valence-electron chi connectivity index (χ4n) is 4.41. The maximum absolute atomic E-state index is 12.8. The molecule has 0 radical (unpaired) electrons. The largest absolute Gasteiger partial charge is 0.481 e. The predicted octanol–water partition coefficient (Wildman–Crippen LogP) is 3.79. The van der Waals surface area contributed by atoms with Gasteiger partial charge in [0.15, 0.2) is 0 Å². The van der Waals surface area contributed by atoms with E-state index in [1.54, 1.807) is 0 Å². The van der Waals surface area contributed by atoms with Crippen LogP contribution < -0.4 is 10.6 Å². The van der Waals surface area contributed by atoms with Crippen molar-refractivity contribution >= 4 is 18.0 Å². The van der Waals surface area contributed by atoms with Crippen LogP contribution in [-0.2, 0) is 19.1 Å². The van der Waals surface area contributed by atoms with E-state index in [1.807, 2.05) is 50.2 Å². The Morgan fingerprint density at radius 1 is 1.00 bits per heavy atom. The van der Waals surface area contributed by atoms with Crippen LogP contribution in [0.3, 0.4) is 0 Å². The summed E-state index contributed by atoms with van der Waals surface area (Å²) < 4.78 is 10.7. The third-order valence-corrected chi connectivity index (χ3v) is 6.48. The highest BCUT2D eigenvalue weighted by atomic mass is 16.5. The number of nitrogens with one attached hydrogen (secondary N) is 2. The molecular weight excluding hydrogens is 448 g/mol. The van der Waals surface area contributed by atoms with E-state index in [-0.39, 0.29) is 50.4 Å². The molecule has 0 aliphatic heterocycles. The molecule has 35 heavy (non-hydrogen) atoms. The Labute approximate surface area is 206 Å². The topological polar surface area (TPSA) is 114 Å². The van der Waals surface area contributed by atoms with Crippen molar-refractivity contribution in [2.75, 3.05) is 26.9 Å². The van der Waals surface area contributed by atoms with Gasteiger partial charge in [-0.05, 0) is 34.1 Å². The highest BCUT2D eigenvalue weighted by molar-refractivity contribution is 5.85. The first-order chi connectivity index (χ1) is 16.8. The standard InChI is InChI=1S/C27H34N2O6/c1-17(2)18(14-25(30)31)15-28-26(32)24(12-13-34-3)29-27(33)35-16-23-21-10-6-4-8-19(21)20-9-5-7-11-22(20)23/h4-11,17-18,23-24H,12-16H2,1-3H3,(H,28,32)(H,29,33)(H,30,31). The highest BCUT2D eigenvalue weighted by Crippen LogP contribution is 2.44. The van der Waals surface area contributed by atoms with Gasteiger partial charge < -0.3 is 25.2 Å². The van der Waals surface area contributed by atoms with Crippen molar-refractivity contribution < 1.29 is 29.0 Å². The summed E-state index contributed by atoms with van der Waals surface area (Å²) in [5.74, 6) is -1.52. The molecule has 2 aromatic carbocycles. The summed E-state index contributed by atoms with van der Waals surface area (Å²) in [6.07, 6.45) is -0.466. The highest BCUT2D eigenvalue weighted by Gasteiger charge is 2.30. The van der Waals surface area contributed by atoms with Crippen LogP contribution in [0.1, 0.15) is 43.7 Å². The molecule has 8 heteroatoms. The zero-order valence-electron chi connectivity index (χ0n) is 20.5. The Morgan fingerprint density at radius 2 is 1.60 bits per heavy atom. The lowest BCUT2D eigenvalue weighted by Crippen LogP contribution is -2.49. The summed E-state index contributed by atoms with van der Waals surface area (Å²) >= 11 is 0. The van der Waals surface area contributed by atoms with E-state index in [2.05, 4.69) is 22.8 Å². The molecule has 2 atom stereocenters. The number of rotatable bonds is 12. The number of carboxylic acids is 1. The van der Waals surface area contributed by atoms with Crippen molar-refractivity contribution in [2.45, 2.75) is 38.6 Å². The van der Waals surface area contributed by atoms with E-state index in [9.17, 15) is 14.4 Å². The summed E-state index contributed by atoms with van der Waals surface area (Å²) in [5, 5.41) is 14.5. The number of benzene rings is 2. The van der Waals surface area contributed by atoms with E-state index in [4.69, 9.17) is 14.6 Å². The van der Waals surface area contributed by atoms with E-state index >= 15 is 0 Å². The van der Waals surface area contributed by atoms with Crippen molar-refractivity contribution in [2.24, 2.45) is 11.8 Å². The van der Waals surface area contributed by atoms with Gasteiger partial charge in [0.1, 0.15) is 12.6 Å². The Morgan fingerprint density at radius 3 is 2.14 bits per heavy atom. The van der Waals surface area contributed by atoms with Crippen molar-refractivity contribution in [3.8, 4) is 11.1 Å². The minimum atomic E-state index is -0.911. The molecule has 0 saturated heterocycles. The van der Waals surface area contributed by atoms with Gasteiger partial charge in [-0.2, -0.15) is 0 Å². The summed E-state index contributed by atoms with van der Waals surface area (Å²) in [6.45, 7) is 4.45. The molecule has 0 bridgehead atoms. The second-order valence-corrected chi connectivity index (χ2v) is 9.15. The number of ether oxygens (including phenoxy) is 2. The van der Waals surface area contributed by atoms with Gasteiger partial charge in [-0.15, -0.1) is 0 Å². The van der Waals surface area contributed by atoms with E-state index < -0.39 is 24.0 Å². The van der Waals surface area contributed by atoms with Gasteiger partial charge in [0.05, 0.1) is 6.42 Å². The fourth-order valence-corrected chi connectivity index (χ4v) is 4.41. The van der Waals surface area contributed by atoms with Crippen LogP contribution in [-0.4, -0.2) is 56.0 Å². The van der Waals surface area contributed by atoms with Crippen molar-refractivity contribution in [3.05, 3.63) is 59.7 Å². The number of fused-ring (bicyclic) bond motifs is 3. The molecule has 8 nitrogen and oxygen atoms in total. The minimum absolute atomic E-state index is 0.0412. The molecule has 3 rings (SSSR count). The Bertz CT molecular complexity index is 992. The second-order valence-electron chi connectivity index (χ2n) is 9.15. The molecular formula is C27H34N2O6. The van der Waals surface area contributed by atoms with Gasteiger partial charge in [0.2, 0.25) is 5.91 Å². The predicted molar refractivity (Wildman–Crippen MR) is 132 cm³/mol. The molecule has 0 spiro atoms. The SMILES string of the molecule is COCCC(NC(=O)OCC1c2ccccc2-c2ccccc21)C(=O)NCC(CC(=O)O)C(C)C. The van der Waals surface area contributed by atoms with Crippen molar-refractivity contribution in [3.63, 3.8) is 0 Å². The first kappa shape index (κ1) is 26.2. The monoisotopic (exact) mass is 482 g/mol. The van der Waals surface area contributed by atoms with Crippen LogP contribution in [0, 0.1) is 11.8 Å². The van der Waals surface area contributed by atoms with Crippen LogP contribution in [0.2, 0.25) is 0 Å². The molecule has 0 saturated carbocycles. The minimum Gasteiger partial charge on any atom is -0.481 e. The first-order valence-corrected chi connectivity index (χ1v) is 11.9. The average Bonchev–Trinajstić information content (AvgIpc) is 3.16. The number of carbonyl (C=O) groups excluding carboxylic acids is 2. The summed E-state index contributed by atoms with van der Waals surface area (Å²) in [4.78, 5) is 36.6. The summed E-state index contributed by atoms with van der Waals surface area (Å²) in [7, 11) is 1.52. The van der Waals surface area contributed by atoms with E-state index in [0.29, 0.717) is 0 Å². The third kappa shape index (κ3) is 6.82.